The molecule has 0 saturated heterocycles. The lowest BCUT2D eigenvalue weighted by atomic mass is 9.84. The average Bonchev–Trinajstić information content (AvgIpc) is 2.38. The number of hydrogen-bond acceptors (Lipinski definition) is 3. The number of nitrogens with one attached hydrogen (secondary N) is 1. The van der Waals surface area contributed by atoms with E-state index in [9.17, 15) is 5.11 Å². The van der Waals surface area contributed by atoms with Crippen LogP contribution in [0.2, 0.25) is 0 Å². The number of hydrogen-bond donors (Lipinski definition) is 2. The number of rotatable bonds is 8. The predicted molar refractivity (Wildman–Crippen MR) is 81.1 cm³/mol. The van der Waals surface area contributed by atoms with E-state index in [1.165, 1.54) is 5.56 Å². The molecule has 1 atom stereocenters. The normalized spacial score (nSPS) is 13.8. The minimum absolute atomic E-state index is 0.165. The molecule has 0 aliphatic carbocycles. The second-order valence-electron chi connectivity index (χ2n) is 5.92. The molecule has 108 valence electrons. The highest BCUT2D eigenvalue weighted by molar-refractivity contribution is 5.14. The second-order valence-corrected chi connectivity index (χ2v) is 5.92. The van der Waals surface area contributed by atoms with Gasteiger partial charge in [-0.2, -0.15) is 0 Å². The zero-order valence-electron chi connectivity index (χ0n) is 12.7. The minimum atomic E-state index is 0.165. The van der Waals surface area contributed by atoms with Crippen LogP contribution in [-0.4, -0.2) is 42.8 Å². The Morgan fingerprint density at radius 1 is 1.26 bits per heavy atom. The van der Waals surface area contributed by atoms with Gasteiger partial charge in [-0.25, -0.2) is 0 Å². The summed E-state index contributed by atoms with van der Waals surface area (Å²) in [5.41, 5.74) is 1.46. The first-order chi connectivity index (χ1) is 8.99. The van der Waals surface area contributed by atoms with Crippen LogP contribution in [0.25, 0.3) is 0 Å². The van der Waals surface area contributed by atoms with Crippen molar-refractivity contribution < 1.29 is 5.11 Å². The Labute approximate surface area is 117 Å². The van der Waals surface area contributed by atoms with Crippen LogP contribution in [-0.2, 0) is 6.54 Å². The van der Waals surface area contributed by atoms with Gasteiger partial charge in [0.1, 0.15) is 0 Å². The largest absolute Gasteiger partial charge is 0.395 e. The molecule has 2 N–H and O–H groups in total. The molecule has 1 unspecified atom stereocenters. The van der Waals surface area contributed by atoms with Crippen LogP contribution in [0.3, 0.4) is 0 Å². The van der Waals surface area contributed by atoms with E-state index in [1.54, 1.807) is 0 Å². The summed E-state index contributed by atoms with van der Waals surface area (Å²) >= 11 is 0. The van der Waals surface area contributed by atoms with Crippen LogP contribution in [0.1, 0.15) is 26.3 Å². The molecule has 3 heteroatoms. The van der Waals surface area contributed by atoms with Gasteiger partial charge in [0.25, 0.3) is 0 Å². The molecule has 0 bridgehead atoms. The van der Waals surface area contributed by atoms with E-state index in [-0.39, 0.29) is 12.0 Å². The highest BCUT2D eigenvalue weighted by Gasteiger charge is 2.27. The quantitative estimate of drug-likeness (QED) is 0.755. The summed E-state index contributed by atoms with van der Waals surface area (Å²) in [6.07, 6.45) is 0. The van der Waals surface area contributed by atoms with Crippen LogP contribution in [0.4, 0.5) is 0 Å². The Balaban J connectivity index is 2.67. The Hall–Kier alpha value is -0.900. The van der Waals surface area contributed by atoms with Gasteiger partial charge in [0.2, 0.25) is 0 Å². The van der Waals surface area contributed by atoms with Crippen molar-refractivity contribution in [1.82, 2.24) is 10.2 Å². The summed E-state index contributed by atoms with van der Waals surface area (Å²) in [7, 11) is 2.00. The first-order valence-electron chi connectivity index (χ1n) is 7.04. The van der Waals surface area contributed by atoms with Crippen LogP contribution >= 0.6 is 0 Å². The maximum atomic E-state index is 9.25. The Morgan fingerprint density at radius 2 is 1.89 bits per heavy atom. The highest BCUT2D eigenvalue weighted by Crippen LogP contribution is 2.22. The van der Waals surface area contributed by atoms with E-state index in [1.807, 2.05) is 13.1 Å². The molecule has 1 rings (SSSR count). The lowest BCUT2D eigenvalue weighted by molar-refractivity contribution is 0.117. The molecular weight excluding hydrogens is 236 g/mol. The third kappa shape index (κ3) is 5.31. The average molecular weight is 264 g/mol. The fourth-order valence-electron chi connectivity index (χ4n) is 2.30. The molecule has 0 spiro atoms. The molecule has 0 aliphatic heterocycles. The minimum Gasteiger partial charge on any atom is -0.395 e. The first kappa shape index (κ1) is 16.2. The molecule has 0 fully saturated rings. The summed E-state index contributed by atoms with van der Waals surface area (Å²) in [4.78, 5) is 2.32. The maximum Gasteiger partial charge on any atom is 0.0558 e. The van der Waals surface area contributed by atoms with Gasteiger partial charge in [0.15, 0.2) is 0 Å². The van der Waals surface area contributed by atoms with E-state index >= 15 is 0 Å². The van der Waals surface area contributed by atoms with Crippen LogP contribution in [0, 0.1) is 5.41 Å². The van der Waals surface area contributed by atoms with Gasteiger partial charge in [-0.3, -0.25) is 4.90 Å². The summed E-state index contributed by atoms with van der Waals surface area (Å²) < 4.78 is 0. The van der Waals surface area contributed by atoms with Gasteiger partial charge >= 0.3 is 0 Å². The monoisotopic (exact) mass is 264 g/mol. The Kier molecular flexibility index (Phi) is 6.49. The van der Waals surface area contributed by atoms with Gasteiger partial charge in [-0.05, 0) is 24.9 Å². The van der Waals surface area contributed by atoms with Crippen molar-refractivity contribution in [2.24, 2.45) is 5.41 Å². The van der Waals surface area contributed by atoms with Crippen molar-refractivity contribution in [2.45, 2.75) is 33.4 Å². The summed E-state index contributed by atoms with van der Waals surface area (Å²) in [5.74, 6) is 0. The fourth-order valence-corrected chi connectivity index (χ4v) is 2.30. The molecule has 0 amide bonds. The zero-order valence-corrected chi connectivity index (χ0v) is 12.7. The van der Waals surface area contributed by atoms with E-state index in [2.05, 4.69) is 55.3 Å². The predicted octanol–water partition coefficient (Wildman–Crippen LogP) is 2.11. The van der Waals surface area contributed by atoms with Crippen LogP contribution in [0.15, 0.2) is 30.3 Å². The number of aliphatic hydroxyl groups excluding tert-OH is 1. The summed E-state index contributed by atoms with van der Waals surface area (Å²) in [5, 5.41) is 12.6. The van der Waals surface area contributed by atoms with Crippen molar-refractivity contribution in [2.75, 3.05) is 26.7 Å². The Bertz CT molecular complexity index is 351. The molecule has 1 aromatic carbocycles. The fraction of sp³-hybridized carbons (Fsp3) is 0.625. The number of aliphatic hydroxyl groups is 1. The lowest BCUT2D eigenvalue weighted by Gasteiger charge is -2.37. The number of benzene rings is 1. The molecule has 0 aromatic heterocycles. The van der Waals surface area contributed by atoms with E-state index in [0.29, 0.717) is 6.04 Å². The van der Waals surface area contributed by atoms with E-state index in [4.69, 9.17) is 0 Å². The molecule has 0 radical (unpaired) electrons. The summed E-state index contributed by atoms with van der Waals surface area (Å²) in [6, 6.07) is 10.9. The van der Waals surface area contributed by atoms with Crippen molar-refractivity contribution in [3.63, 3.8) is 0 Å². The molecule has 19 heavy (non-hydrogen) atoms. The van der Waals surface area contributed by atoms with Gasteiger partial charge < -0.3 is 10.4 Å². The van der Waals surface area contributed by atoms with Crippen molar-refractivity contribution in [3.05, 3.63) is 35.9 Å². The van der Waals surface area contributed by atoms with Crippen molar-refractivity contribution in [3.8, 4) is 0 Å². The zero-order chi connectivity index (χ0) is 14.3. The summed E-state index contributed by atoms with van der Waals surface area (Å²) in [6.45, 7) is 9.52. The van der Waals surface area contributed by atoms with E-state index < -0.39 is 0 Å². The van der Waals surface area contributed by atoms with Gasteiger partial charge in [0.05, 0.1) is 6.61 Å². The van der Waals surface area contributed by atoms with Crippen molar-refractivity contribution in [1.29, 1.82) is 0 Å². The lowest BCUT2D eigenvalue weighted by Crippen LogP contribution is -2.46. The van der Waals surface area contributed by atoms with Crippen LogP contribution < -0.4 is 5.32 Å². The molecule has 3 nitrogen and oxygen atoms in total. The molecule has 1 aromatic rings. The number of nitrogens with zero attached hydrogens (tertiary/aromatic N) is 1. The van der Waals surface area contributed by atoms with Crippen LogP contribution in [0.5, 0.6) is 0 Å². The molecular formula is C16H28N2O. The van der Waals surface area contributed by atoms with Crippen molar-refractivity contribution >= 4 is 0 Å². The third-order valence-corrected chi connectivity index (χ3v) is 3.90. The standard InChI is InChI=1S/C16H28N2O/c1-14(17-4)16(2,3)13-18(10-11-19)12-15-8-6-5-7-9-15/h5-9,14,17,19H,10-13H2,1-4H3. The van der Waals surface area contributed by atoms with Gasteiger partial charge in [-0.15, -0.1) is 0 Å². The maximum absolute atomic E-state index is 9.25. The smallest absolute Gasteiger partial charge is 0.0558 e. The van der Waals surface area contributed by atoms with E-state index in [0.717, 1.165) is 19.6 Å². The first-order valence-corrected chi connectivity index (χ1v) is 7.04. The van der Waals surface area contributed by atoms with Gasteiger partial charge in [0, 0.05) is 25.7 Å². The Morgan fingerprint density at radius 3 is 2.42 bits per heavy atom. The molecule has 0 aliphatic rings. The SMILES string of the molecule is CNC(C)C(C)(C)CN(CCO)Cc1ccccc1. The third-order valence-electron chi connectivity index (χ3n) is 3.90. The molecule has 0 saturated carbocycles. The second kappa shape index (κ2) is 7.63. The topological polar surface area (TPSA) is 35.5 Å². The highest BCUT2D eigenvalue weighted by atomic mass is 16.3. The molecule has 0 heterocycles. The van der Waals surface area contributed by atoms with Gasteiger partial charge in [-0.1, -0.05) is 44.2 Å².